The van der Waals surface area contributed by atoms with Crippen LogP contribution in [0.4, 0.5) is 0 Å². The first-order chi connectivity index (χ1) is 9.34. The van der Waals surface area contributed by atoms with Gasteiger partial charge in [0.2, 0.25) is 0 Å². The first kappa shape index (κ1) is 15.0. The zero-order valence-corrected chi connectivity index (χ0v) is 12.3. The summed E-state index contributed by atoms with van der Waals surface area (Å²) in [6, 6.07) is 4.67. The Morgan fingerprint density at radius 1 is 1.32 bits per heavy atom. The summed E-state index contributed by atoms with van der Waals surface area (Å²) in [6.45, 7) is 1.67. The lowest BCUT2D eigenvalue weighted by molar-refractivity contribution is 0.0283. The summed E-state index contributed by atoms with van der Waals surface area (Å²) in [4.78, 5) is 1.21. The molecule has 0 bridgehead atoms. The second-order valence-electron chi connectivity index (χ2n) is 5.35. The molecule has 0 amide bonds. The van der Waals surface area contributed by atoms with Crippen molar-refractivity contribution in [2.24, 2.45) is 0 Å². The second-order valence-corrected chi connectivity index (χ2v) is 6.38. The maximum atomic E-state index is 9.89. The second kappa shape index (κ2) is 8.69. The molecule has 3 nitrogen and oxygen atoms in total. The molecule has 1 aromatic rings. The number of aliphatic hydroxyl groups is 1. The number of rotatable bonds is 7. The Labute approximate surface area is 120 Å². The maximum Gasteiger partial charge on any atom is 0.0897 e. The first-order valence-corrected chi connectivity index (χ1v) is 8.24. The van der Waals surface area contributed by atoms with Crippen molar-refractivity contribution in [3.8, 4) is 0 Å². The molecule has 0 aliphatic heterocycles. The Bertz CT molecular complexity index is 321. The van der Waals surface area contributed by atoms with Crippen molar-refractivity contribution in [2.75, 3.05) is 13.2 Å². The summed E-state index contributed by atoms with van der Waals surface area (Å²) in [5.41, 5.74) is 0. The van der Waals surface area contributed by atoms with Gasteiger partial charge >= 0.3 is 0 Å². The van der Waals surface area contributed by atoms with E-state index in [4.69, 9.17) is 4.74 Å². The van der Waals surface area contributed by atoms with E-state index in [-0.39, 0.29) is 0 Å². The molecule has 1 heterocycles. The van der Waals surface area contributed by atoms with E-state index in [0.29, 0.717) is 25.8 Å². The molecule has 1 saturated carbocycles. The van der Waals surface area contributed by atoms with Crippen molar-refractivity contribution < 1.29 is 9.84 Å². The Balaban J connectivity index is 1.54. The molecule has 1 aliphatic carbocycles. The molecule has 0 aromatic carbocycles. The van der Waals surface area contributed by atoms with Crippen LogP contribution in [-0.4, -0.2) is 30.4 Å². The fraction of sp³-hybridized carbons (Fsp3) is 0.733. The molecule has 1 aromatic heterocycles. The summed E-state index contributed by atoms with van der Waals surface area (Å²) >= 11 is 1.69. The van der Waals surface area contributed by atoms with E-state index < -0.39 is 6.10 Å². The average Bonchev–Trinajstić information content (AvgIpc) is 2.79. The molecule has 2 N–H and O–H groups in total. The van der Waals surface area contributed by atoms with Crippen molar-refractivity contribution >= 4 is 11.3 Å². The number of hydrogen-bond acceptors (Lipinski definition) is 4. The molecular weight excluding hydrogens is 258 g/mol. The molecule has 1 atom stereocenters. The van der Waals surface area contributed by atoms with Gasteiger partial charge in [0.05, 0.1) is 19.3 Å². The van der Waals surface area contributed by atoms with Gasteiger partial charge in [-0.05, 0) is 24.3 Å². The first-order valence-electron chi connectivity index (χ1n) is 7.36. The molecule has 108 valence electrons. The third-order valence-electron chi connectivity index (χ3n) is 3.63. The number of nitrogens with one attached hydrogen (secondary N) is 1. The standard InChI is InChI=1S/C15H25NO2S/c17-14(11-18-12-15-8-5-9-19-15)10-16-13-6-3-1-2-4-7-13/h5,8-9,13-14,16-17H,1-4,6-7,10-12H2. The van der Waals surface area contributed by atoms with E-state index in [2.05, 4.69) is 11.4 Å². The molecule has 1 aliphatic rings. The molecule has 0 saturated heterocycles. The van der Waals surface area contributed by atoms with Gasteiger partial charge in [-0.15, -0.1) is 11.3 Å². The third kappa shape index (κ3) is 6.04. The topological polar surface area (TPSA) is 41.5 Å². The van der Waals surface area contributed by atoms with Gasteiger partial charge in [0.25, 0.3) is 0 Å². The monoisotopic (exact) mass is 283 g/mol. The molecule has 1 unspecified atom stereocenters. The molecule has 4 heteroatoms. The molecule has 0 radical (unpaired) electrons. The van der Waals surface area contributed by atoms with Crippen LogP contribution in [0, 0.1) is 0 Å². The van der Waals surface area contributed by atoms with Crippen molar-refractivity contribution in [3.63, 3.8) is 0 Å². The predicted octanol–water partition coefficient (Wildman–Crippen LogP) is 2.94. The quantitative estimate of drug-likeness (QED) is 0.756. The highest BCUT2D eigenvalue weighted by molar-refractivity contribution is 7.09. The van der Waals surface area contributed by atoms with Gasteiger partial charge in [0.15, 0.2) is 0 Å². The lowest BCUT2D eigenvalue weighted by atomic mass is 10.1. The number of hydrogen-bond donors (Lipinski definition) is 2. The SMILES string of the molecule is OC(CNC1CCCCCC1)COCc1cccs1. The van der Waals surface area contributed by atoms with Crippen LogP contribution in [0.2, 0.25) is 0 Å². The normalized spacial score (nSPS) is 19.2. The van der Waals surface area contributed by atoms with E-state index >= 15 is 0 Å². The minimum atomic E-state index is -0.400. The predicted molar refractivity (Wildman–Crippen MR) is 79.5 cm³/mol. The van der Waals surface area contributed by atoms with E-state index in [1.165, 1.54) is 43.4 Å². The smallest absolute Gasteiger partial charge is 0.0897 e. The van der Waals surface area contributed by atoms with Crippen LogP contribution in [0.15, 0.2) is 17.5 Å². The van der Waals surface area contributed by atoms with E-state index in [1.807, 2.05) is 11.4 Å². The lowest BCUT2D eigenvalue weighted by Crippen LogP contribution is -2.37. The highest BCUT2D eigenvalue weighted by atomic mass is 32.1. The van der Waals surface area contributed by atoms with Crippen LogP contribution < -0.4 is 5.32 Å². The van der Waals surface area contributed by atoms with Crippen LogP contribution in [-0.2, 0) is 11.3 Å². The Hall–Kier alpha value is -0.420. The van der Waals surface area contributed by atoms with Gasteiger partial charge < -0.3 is 15.2 Å². The molecule has 19 heavy (non-hydrogen) atoms. The Morgan fingerprint density at radius 2 is 2.11 bits per heavy atom. The largest absolute Gasteiger partial charge is 0.389 e. The molecular formula is C15H25NO2S. The van der Waals surface area contributed by atoms with Crippen LogP contribution in [0.1, 0.15) is 43.4 Å². The zero-order chi connectivity index (χ0) is 13.3. The zero-order valence-electron chi connectivity index (χ0n) is 11.5. The summed E-state index contributed by atoms with van der Waals surface area (Å²) in [5.74, 6) is 0. The number of thiophene rings is 1. The minimum Gasteiger partial charge on any atom is -0.389 e. The van der Waals surface area contributed by atoms with Crippen LogP contribution in [0.3, 0.4) is 0 Å². The lowest BCUT2D eigenvalue weighted by Gasteiger charge is -2.19. The maximum absolute atomic E-state index is 9.89. The molecule has 0 spiro atoms. The van der Waals surface area contributed by atoms with Crippen molar-refractivity contribution in [3.05, 3.63) is 22.4 Å². The highest BCUT2D eigenvalue weighted by Crippen LogP contribution is 2.17. The fourth-order valence-electron chi connectivity index (χ4n) is 2.54. The Morgan fingerprint density at radius 3 is 2.79 bits per heavy atom. The van der Waals surface area contributed by atoms with E-state index in [1.54, 1.807) is 11.3 Å². The van der Waals surface area contributed by atoms with E-state index in [0.717, 1.165) is 0 Å². The third-order valence-corrected chi connectivity index (χ3v) is 4.48. The van der Waals surface area contributed by atoms with Gasteiger partial charge in [0, 0.05) is 17.5 Å². The van der Waals surface area contributed by atoms with Gasteiger partial charge in [-0.2, -0.15) is 0 Å². The summed E-state index contributed by atoms with van der Waals surface area (Å²) in [5, 5.41) is 15.4. The van der Waals surface area contributed by atoms with Gasteiger partial charge in [-0.1, -0.05) is 31.7 Å². The fourth-order valence-corrected chi connectivity index (χ4v) is 3.18. The van der Waals surface area contributed by atoms with Crippen LogP contribution >= 0.6 is 11.3 Å². The van der Waals surface area contributed by atoms with Crippen molar-refractivity contribution in [1.29, 1.82) is 0 Å². The Kier molecular flexibility index (Phi) is 6.85. The minimum absolute atomic E-state index is 0.400. The number of ether oxygens (including phenoxy) is 1. The van der Waals surface area contributed by atoms with Crippen molar-refractivity contribution in [2.45, 2.75) is 57.3 Å². The average molecular weight is 283 g/mol. The van der Waals surface area contributed by atoms with Crippen LogP contribution in [0.5, 0.6) is 0 Å². The summed E-state index contributed by atoms with van der Waals surface area (Å²) in [7, 11) is 0. The summed E-state index contributed by atoms with van der Waals surface area (Å²) < 4.78 is 5.52. The van der Waals surface area contributed by atoms with Crippen LogP contribution in [0.25, 0.3) is 0 Å². The van der Waals surface area contributed by atoms with Gasteiger partial charge in [0.1, 0.15) is 0 Å². The summed E-state index contributed by atoms with van der Waals surface area (Å²) in [6.07, 6.45) is 7.48. The van der Waals surface area contributed by atoms with E-state index in [9.17, 15) is 5.11 Å². The van der Waals surface area contributed by atoms with Crippen molar-refractivity contribution in [1.82, 2.24) is 5.32 Å². The molecule has 1 fully saturated rings. The molecule has 2 rings (SSSR count). The van der Waals surface area contributed by atoms with Gasteiger partial charge in [-0.25, -0.2) is 0 Å². The number of aliphatic hydroxyl groups excluding tert-OH is 1. The highest BCUT2D eigenvalue weighted by Gasteiger charge is 2.13. The van der Waals surface area contributed by atoms with Gasteiger partial charge in [-0.3, -0.25) is 0 Å².